The minimum atomic E-state index is -0.981. The van der Waals surface area contributed by atoms with Crippen LogP contribution in [0, 0.1) is 35.5 Å². The van der Waals surface area contributed by atoms with Gasteiger partial charge in [0, 0.05) is 8.07 Å². The summed E-state index contributed by atoms with van der Waals surface area (Å²) in [6.45, 7) is 12.7. The molecule has 0 nitrogen and oxygen atoms in total. The van der Waals surface area contributed by atoms with Crippen molar-refractivity contribution in [2.75, 3.05) is 0 Å². The number of hydrogen-bond acceptors (Lipinski definition) is 0. The Morgan fingerprint density at radius 1 is 0.696 bits per heavy atom. The van der Waals surface area contributed by atoms with Gasteiger partial charge in [-0.2, -0.15) is 0 Å². The van der Waals surface area contributed by atoms with Crippen molar-refractivity contribution >= 4 is 8.07 Å². The molecule has 130 valence electrons. The van der Waals surface area contributed by atoms with Gasteiger partial charge >= 0.3 is 0 Å². The summed E-state index contributed by atoms with van der Waals surface area (Å²) in [5.74, 6) is 6.00. The molecule has 6 unspecified atom stereocenters. The first-order valence-electron chi connectivity index (χ1n) is 10.7. The molecular weight excluding hydrogens is 292 g/mol. The second-order valence-electron chi connectivity index (χ2n) is 10.5. The van der Waals surface area contributed by atoms with Crippen molar-refractivity contribution in [3.8, 4) is 0 Å². The summed E-state index contributed by atoms with van der Waals surface area (Å²) in [5.41, 5.74) is 2.84. The highest BCUT2D eigenvalue weighted by Crippen LogP contribution is 2.62. The maximum Gasteiger partial charge on any atom is 0.0474 e. The minimum Gasteiger partial charge on any atom is -0.0993 e. The molecule has 4 rings (SSSR count). The highest BCUT2D eigenvalue weighted by molar-refractivity contribution is 6.77. The van der Waals surface area contributed by atoms with Gasteiger partial charge in [0.05, 0.1) is 0 Å². The van der Waals surface area contributed by atoms with Crippen molar-refractivity contribution in [3.05, 3.63) is 12.2 Å². The zero-order chi connectivity index (χ0) is 16.2. The Morgan fingerprint density at radius 2 is 1.13 bits per heavy atom. The first kappa shape index (κ1) is 16.4. The molecule has 0 N–H and O–H groups in total. The third kappa shape index (κ3) is 2.79. The van der Waals surface area contributed by atoms with Gasteiger partial charge < -0.3 is 0 Å². The Hall–Kier alpha value is -0.0431. The van der Waals surface area contributed by atoms with E-state index in [-0.39, 0.29) is 0 Å². The van der Waals surface area contributed by atoms with Crippen LogP contribution in [-0.4, -0.2) is 8.07 Å². The molecule has 6 atom stereocenters. The number of allylic oxidation sites excluding steroid dienone is 1. The minimum absolute atomic E-state index is 0.907. The van der Waals surface area contributed by atoms with E-state index in [0.717, 1.165) is 41.0 Å². The van der Waals surface area contributed by atoms with Crippen molar-refractivity contribution in [3.63, 3.8) is 0 Å². The summed E-state index contributed by atoms with van der Waals surface area (Å²) >= 11 is 0. The third-order valence-electron chi connectivity index (χ3n) is 8.58. The summed E-state index contributed by atoms with van der Waals surface area (Å²) in [4.78, 5) is 0. The van der Waals surface area contributed by atoms with Crippen LogP contribution in [0.25, 0.3) is 0 Å². The van der Waals surface area contributed by atoms with Crippen molar-refractivity contribution < 1.29 is 0 Å². The van der Waals surface area contributed by atoms with E-state index in [1.54, 1.807) is 18.4 Å². The van der Waals surface area contributed by atoms with Crippen molar-refractivity contribution in [1.82, 2.24) is 0 Å². The molecule has 0 spiro atoms. The Morgan fingerprint density at radius 3 is 1.57 bits per heavy atom. The first-order chi connectivity index (χ1) is 11.0. The Kier molecular flexibility index (Phi) is 4.31. The molecule has 0 bridgehead atoms. The number of hydrogen-bond donors (Lipinski definition) is 0. The molecule has 0 aromatic heterocycles. The monoisotopic (exact) mass is 330 g/mol. The molecule has 23 heavy (non-hydrogen) atoms. The lowest BCUT2D eigenvalue weighted by atomic mass is 9.68. The molecule has 0 heterocycles. The van der Waals surface area contributed by atoms with E-state index >= 15 is 0 Å². The largest absolute Gasteiger partial charge is 0.0993 e. The molecule has 4 aliphatic rings. The lowest BCUT2D eigenvalue weighted by Gasteiger charge is -2.38. The van der Waals surface area contributed by atoms with Gasteiger partial charge in [0.15, 0.2) is 0 Å². The van der Waals surface area contributed by atoms with E-state index in [9.17, 15) is 0 Å². The van der Waals surface area contributed by atoms with Crippen LogP contribution in [-0.2, 0) is 0 Å². The molecule has 4 fully saturated rings. The molecule has 0 radical (unpaired) electrons. The standard InChI is InChI=1S/C22H38Si/c1-15-17-9-5-7-11-19(17)21-13-16(23(2,3)4)14-22(21)20-12-8-6-10-18(15)20/h16-22H,1,5-14H2,2-4H3. The van der Waals surface area contributed by atoms with Crippen LogP contribution < -0.4 is 0 Å². The first-order valence-corrected chi connectivity index (χ1v) is 14.2. The van der Waals surface area contributed by atoms with E-state index in [1.165, 1.54) is 51.4 Å². The quantitative estimate of drug-likeness (QED) is 0.362. The molecule has 0 aromatic carbocycles. The van der Waals surface area contributed by atoms with Crippen LogP contribution in [0.2, 0.25) is 25.2 Å². The third-order valence-corrected chi connectivity index (χ3v) is 11.5. The molecule has 0 amide bonds. The zero-order valence-electron chi connectivity index (χ0n) is 15.8. The zero-order valence-corrected chi connectivity index (χ0v) is 16.8. The van der Waals surface area contributed by atoms with Crippen LogP contribution in [0.4, 0.5) is 0 Å². The van der Waals surface area contributed by atoms with E-state index in [0.29, 0.717) is 0 Å². The summed E-state index contributed by atoms with van der Waals surface area (Å²) in [7, 11) is -0.981. The van der Waals surface area contributed by atoms with Crippen molar-refractivity contribution in [2.24, 2.45) is 35.5 Å². The van der Waals surface area contributed by atoms with Crippen LogP contribution >= 0.6 is 0 Å². The molecule has 4 aliphatic carbocycles. The fraction of sp³-hybridized carbons (Fsp3) is 0.909. The van der Waals surface area contributed by atoms with Crippen LogP contribution in [0.5, 0.6) is 0 Å². The number of rotatable bonds is 1. The van der Waals surface area contributed by atoms with Crippen LogP contribution in [0.15, 0.2) is 12.2 Å². The van der Waals surface area contributed by atoms with E-state index < -0.39 is 8.07 Å². The Balaban J connectivity index is 1.69. The van der Waals surface area contributed by atoms with Gasteiger partial charge in [-0.3, -0.25) is 0 Å². The number of fused-ring (bicyclic) bond motifs is 5. The van der Waals surface area contributed by atoms with Gasteiger partial charge in [-0.25, -0.2) is 0 Å². The molecule has 4 saturated carbocycles. The second kappa shape index (κ2) is 6.04. The van der Waals surface area contributed by atoms with Gasteiger partial charge in [0.25, 0.3) is 0 Å². The fourth-order valence-electron chi connectivity index (χ4n) is 7.33. The molecule has 0 aliphatic heterocycles. The van der Waals surface area contributed by atoms with Gasteiger partial charge in [-0.05, 0) is 79.6 Å². The second-order valence-corrected chi connectivity index (χ2v) is 16.1. The van der Waals surface area contributed by atoms with E-state index in [1.807, 2.05) is 0 Å². The summed E-state index contributed by atoms with van der Waals surface area (Å²) < 4.78 is 0. The fourth-order valence-corrected chi connectivity index (χ4v) is 9.29. The van der Waals surface area contributed by atoms with Crippen molar-refractivity contribution in [2.45, 2.75) is 89.4 Å². The maximum atomic E-state index is 4.75. The topological polar surface area (TPSA) is 0 Å². The SMILES string of the molecule is C=C1C2CCCCC2C2CC([Si](C)(C)C)CC2C2CCCCC12. The Labute approximate surface area is 145 Å². The molecule has 0 saturated heterocycles. The Bertz CT molecular complexity index is 425. The molecule has 0 aromatic rings. The summed E-state index contributed by atoms with van der Waals surface area (Å²) in [5, 5.41) is 0. The van der Waals surface area contributed by atoms with Gasteiger partial charge in [-0.1, -0.05) is 57.5 Å². The molecule has 1 heteroatoms. The summed E-state index contributed by atoms with van der Waals surface area (Å²) in [6.07, 6.45) is 15.2. The predicted octanol–water partition coefficient (Wildman–Crippen LogP) is 6.90. The predicted molar refractivity (Wildman–Crippen MR) is 103 cm³/mol. The van der Waals surface area contributed by atoms with Gasteiger partial charge in [0.2, 0.25) is 0 Å². The van der Waals surface area contributed by atoms with Gasteiger partial charge in [-0.15, -0.1) is 0 Å². The van der Waals surface area contributed by atoms with E-state index in [2.05, 4.69) is 19.6 Å². The highest BCUT2D eigenvalue weighted by Gasteiger charge is 2.53. The van der Waals surface area contributed by atoms with Crippen LogP contribution in [0.1, 0.15) is 64.2 Å². The lowest BCUT2D eigenvalue weighted by molar-refractivity contribution is 0.126. The highest BCUT2D eigenvalue weighted by atomic mass is 28.3. The average Bonchev–Trinajstić information content (AvgIpc) is 2.96. The van der Waals surface area contributed by atoms with E-state index in [4.69, 9.17) is 6.58 Å². The van der Waals surface area contributed by atoms with Crippen LogP contribution in [0.3, 0.4) is 0 Å². The van der Waals surface area contributed by atoms with Crippen molar-refractivity contribution in [1.29, 1.82) is 0 Å². The lowest BCUT2D eigenvalue weighted by Crippen LogP contribution is -2.30. The smallest absolute Gasteiger partial charge is 0.0474 e. The average molecular weight is 331 g/mol. The normalized spacial score (nSPS) is 47.4. The summed E-state index contributed by atoms with van der Waals surface area (Å²) in [6, 6.07) is 0. The molecular formula is C22H38Si. The van der Waals surface area contributed by atoms with Gasteiger partial charge in [0.1, 0.15) is 0 Å². The maximum absolute atomic E-state index is 4.75.